The fraction of sp³-hybridized carbons (Fsp3) is 0.429. The Kier molecular flexibility index (Phi) is 1.81. The molecule has 0 unspecified atom stereocenters. The molecule has 1 nitrogen and oxygen atoms in total. The van der Waals surface area contributed by atoms with Gasteiger partial charge in [-0.2, -0.15) is 0 Å². The first kappa shape index (κ1) is 9.17. The molecule has 0 amide bonds. The molecule has 2 saturated carbocycles. The Morgan fingerprint density at radius 2 is 1.67 bits per heavy atom. The minimum atomic E-state index is 0.151. The average molecular weight is 199 g/mol. The van der Waals surface area contributed by atoms with Crippen molar-refractivity contribution in [2.45, 2.75) is 31.2 Å². The highest BCUT2D eigenvalue weighted by atomic mass is 14.9. The molecule has 3 rings (SSSR count). The Bertz CT molecular complexity index is 383. The van der Waals surface area contributed by atoms with Crippen LogP contribution in [0.25, 0.3) is 6.08 Å². The van der Waals surface area contributed by atoms with Crippen LogP contribution in [0.1, 0.15) is 31.2 Å². The van der Waals surface area contributed by atoms with Crippen LogP contribution in [0.3, 0.4) is 0 Å². The van der Waals surface area contributed by atoms with Crippen LogP contribution in [0.5, 0.6) is 0 Å². The second-order valence-corrected chi connectivity index (χ2v) is 5.06. The SMILES string of the molecule is NC1(C2(/C=C/c3ccccc3)CC2)CC1. The van der Waals surface area contributed by atoms with Crippen LogP contribution in [-0.4, -0.2) is 5.54 Å². The van der Waals surface area contributed by atoms with Gasteiger partial charge in [-0.3, -0.25) is 0 Å². The van der Waals surface area contributed by atoms with E-state index in [2.05, 4.69) is 42.5 Å². The molecule has 1 aromatic rings. The topological polar surface area (TPSA) is 26.0 Å². The van der Waals surface area contributed by atoms with Gasteiger partial charge in [-0.25, -0.2) is 0 Å². The second kappa shape index (κ2) is 2.96. The first-order chi connectivity index (χ1) is 7.24. The standard InChI is InChI=1S/C14H17N/c15-14(10-11-14)13(8-9-13)7-6-12-4-2-1-3-5-12/h1-7H,8-11,15H2/b7-6+. The van der Waals surface area contributed by atoms with Crippen molar-refractivity contribution in [1.29, 1.82) is 0 Å². The van der Waals surface area contributed by atoms with Crippen LogP contribution in [0.2, 0.25) is 0 Å². The third-order valence-corrected chi connectivity index (χ3v) is 3.96. The smallest absolute Gasteiger partial charge is 0.0247 e. The van der Waals surface area contributed by atoms with E-state index in [-0.39, 0.29) is 5.54 Å². The summed E-state index contributed by atoms with van der Waals surface area (Å²) in [6, 6.07) is 10.5. The zero-order valence-electron chi connectivity index (χ0n) is 8.95. The van der Waals surface area contributed by atoms with Gasteiger partial charge in [0.1, 0.15) is 0 Å². The molecule has 2 aliphatic rings. The molecule has 0 heterocycles. The fourth-order valence-electron chi connectivity index (χ4n) is 2.42. The van der Waals surface area contributed by atoms with E-state index in [4.69, 9.17) is 5.73 Å². The molecule has 0 bridgehead atoms. The monoisotopic (exact) mass is 199 g/mol. The highest BCUT2D eigenvalue weighted by Gasteiger charge is 2.61. The van der Waals surface area contributed by atoms with Crippen LogP contribution in [0, 0.1) is 5.41 Å². The van der Waals surface area contributed by atoms with E-state index in [1.807, 2.05) is 0 Å². The summed E-state index contributed by atoms with van der Waals surface area (Å²) in [6.45, 7) is 0. The Labute approximate surface area is 91.0 Å². The lowest BCUT2D eigenvalue weighted by atomic mass is 9.93. The third kappa shape index (κ3) is 1.51. The molecule has 2 aliphatic carbocycles. The van der Waals surface area contributed by atoms with Gasteiger partial charge in [0.25, 0.3) is 0 Å². The first-order valence-corrected chi connectivity index (χ1v) is 5.77. The predicted molar refractivity (Wildman–Crippen MR) is 63.3 cm³/mol. The lowest BCUT2D eigenvalue weighted by Gasteiger charge is -2.18. The average Bonchev–Trinajstić information content (AvgIpc) is 3.14. The summed E-state index contributed by atoms with van der Waals surface area (Å²) in [5.41, 5.74) is 8.09. The summed E-state index contributed by atoms with van der Waals surface area (Å²) in [5.74, 6) is 0. The van der Waals surface area contributed by atoms with Crippen molar-refractivity contribution in [3.63, 3.8) is 0 Å². The van der Waals surface area contributed by atoms with E-state index in [0.717, 1.165) is 0 Å². The summed E-state index contributed by atoms with van der Waals surface area (Å²) < 4.78 is 0. The molecule has 0 radical (unpaired) electrons. The zero-order chi connectivity index (χ0) is 10.4. The predicted octanol–water partition coefficient (Wildman–Crippen LogP) is 2.97. The van der Waals surface area contributed by atoms with Gasteiger partial charge in [0.05, 0.1) is 0 Å². The van der Waals surface area contributed by atoms with Gasteiger partial charge in [-0.05, 0) is 31.2 Å². The molecule has 2 fully saturated rings. The van der Waals surface area contributed by atoms with Crippen molar-refractivity contribution in [3.05, 3.63) is 42.0 Å². The summed E-state index contributed by atoms with van der Waals surface area (Å²) in [4.78, 5) is 0. The van der Waals surface area contributed by atoms with Gasteiger partial charge in [0, 0.05) is 11.0 Å². The minimum Gasteiger partial charge on any atom is -0.324 e. The molecule has 0 saturated heterocycles. The largest absolute Gasteiger partial charge is 0.324 e. The molecule has 0 aliphatic heterocycles. The quantitative estimate of drug-likeness (QED) is 0.795. The van der Waals surface area contributed by atoms with Gasteiger partial charge in [-0.1, -0.05) is 42.5 Å². The second-order valence-electron chi connectivity index (χ2n) is 5.06. The van der Waals surface area contributed by atoms with Crippen LogP contribution in [0.15, 0.2) is 36.4 Å². The summed E-state index contributed by atoms with van der Waals surface area (Å²) >= 11 is 0. The number of nitrogens with two attached hydrogens (primary N) is 1. The van der Waals surface area contributed by atoms with Gasteiger partial charge < -0.3 is 5.73 Å². The molecular formula is C14H17N. The Morgan fingerprint density at radius 3 is 2.20 bits per heavy atom. The lowest BCUT2D eigenvalue weighted by Crippen LogP contribution is -2.32. The van der Waals surface area contributed by atoms with Crippen molar-refractivity contribution in [3.8, 4) is 0 Å². The van der Waals surface area contributed by atoms with E-state index in [1.165, 1.54) is 31.2 Å². The summed E-state index contributed by atoms with van der Waals surface area (Å²) in [7, 11) is 0. The minimum absolute atomic E-state index is 0.151. The van der Waals surface area contributed by atoms with Crippen molar-refractivity contribution in [2.75, 3.05) is 0 Å². The highest BCUT2D eigenvalue weighted by molar-refractivity contribution is 5.52. The molecule has 15 heavy (non-hydrogen) atoms. The van der Waals surface area contributed by atoms with Gasteiger partial charge in [0.15, 0.2) is 0 Å². The van der Waals surface area contributed by atoms with Crippen molar-refractivity contribution < 1.29 is 0 Å². The van der Waals surface area contributed by atoms with Crippen LogP contribution >= 0.6 is 0 Å². The van der Waals surface area contributed by atoms with Crippen LogP contribution in [0.4, 0.5) is 0 Å². The van der Waals surface area contributed by atoms with E-state index < -0.39 is 0 Å². The summed E-state index contributed by atoms with van der Waals surface area (Å²) in [6.07, 6.45) is 9.59. The molecule has 0 spiro atoms. The number of hydrogen-bond acceptors (Lipinski definition) is 1. The third-order valence-electron chi connectivity index (χ3n) is 3.96. The molecule has 1 heteroatoms. The fourth-order valence-corrected chi connectivity index (χ4v) is 2.42. The maximum atomic E-state index is 6.30. The molecular weight excluding hydrogens is 182 g/mol. The number of benzene rings is 1. The zero-order valence-corrected chi connectivity index (χ0v) is 8.95. The maximum absolute atomic E-state index is 6.30. The van der Waals surface area contributed by atoms with E-state index in [9.17, 15) is 0 Å². The number of hydrogen-bond donors (Lipinski definition) is 1. The van der Waals surface area contributed by atoms with Crippen molar-refractivity contribution in [1.82, 2.24) is 0 Å². The Balaban J connectivity index is 1.78. The molecule has 78 valence electrons. The van der Waals surface area contributed by atoms with Crippen LogP contribution in [-0.2, 0) is 0 Å². The van der Waals surface area contributed by atoms with Gasteiger partial charge in [-0.15, -0.1) is 0 Å². The summed E-state index contributed by atoms with van der Waals surface area (Å²) in [5, 5.41) is 0. The Hall–Kier alpha value is -1.08. The van der Waals surface area contributed by atoms with Crippen molar-refractivity contribution >= 4 is 6.08 Å². The van der Waals surface area contributed by atoms with Crippen molar-refractivity contribution in [2.24, 2.45) is 11.1 Å². The van der Waals surface area contributed by atoms with E-state index >= 15 is 0 Å². The van der Waals surface area contributed by atoms with Gasteiger partial charge in [0.2, 0.25) is 0 Å². The molecule has 0 atom stereocenters. The van der Waals surface area contributed by atoms with Gasteiger partial charge >= 0.3 is 0 Å². The lowest BCUT2D eigenvalue weighted by molar-refractivity contribution is 0.471. The molecule has 1 aromatic carbocycles. The Morgan fingerprint density at radius 1 is 1.00 bits per heavy atom. The molecule has 2 N–H and O–H groups in total. The highest BCUT2D eigenvalue weighted by Crippen LogP contribution is 2.63. The normalized spacial score (nSPS) is 25.4. The first-order valence-electron chi connectivity index (χ1n) is 5.77. The van der Waals surface area contributed by atoms with E-state index in [0.29, 0.717) is 5.41 Å². The van der Waals surface area contributed by atoms with Crippen LogP contribution < -0.4 is 5.73 Å². The maximum Gasteiger partial charge on any atom is 0.0247 e. The number of rotatable bonds is 3. The molecule has 0 aromatic heterocycles. The van der Waals surface area contributed by atoms with E-state index in [1.54, 1.807) is 0 Å².